The molecule has 5 heteroatoms. The summed E-state index contributed by atoms with van der Waals surface area (Å²) in [4.78, 5) is 1.01. The first-order valence-electron chi connectivity index (χ1n) is 6.43. The number of rotatable bonds is 1. The van der Waals surface area contributed by atoms with E-state index in [4.69, 9.17) is 0 Å². The van der Waals surface area contributed by atoms with Gasteiger partial charge in [-0.1, -0.05) is 18.2 Å². The van der Waals surface area contributed by atoms with Gasteiger partial charge in [0.2, 0.25) is 5.69 Å². The zero-order valence-corrected chi connectivity index (χ0v) is 12.3. The second-order valence-electron chi connectivity index (χ2n) is 4.96. The summed E-state index contributed by atoms with van der Waals surface area (Å²) in [5.41, 5.74) is 1.26. The average Bonchev–Trinajstić information content (AvgIpc) is 2.75. The standard InChI is InChI=1S/C16H13F3NS/c1-10-12-5-3-4-6-14(12)21-15(10)13-8-7-11(9-20(13)2)16(17,18)19/h3-9H,1-2H3/q+1. The number of aromatic nitrogens is 1. The number of pyridine rings is 1. The van der Waals surface area contributed by atoms with Crippen LogP contribution in [0.15, 0.2) is 42.6 Å². The monoisotopic (exact) mass is 308 g/mol. The van der Waals surface area contributed by atoms with Crippen LogP contribution in [-0.2, 0) is 13.2 Å². The third-order valence-electron chi connectivity index (χ3n) is 3.54. The number of alkyl halides is 3. The quantitative estimate of drug-likeness (QED) is 0.573. The summed E-state index contributed by atoms with van der Waals surface area (Å²) in [6, 6.07) is 10.7. The summed E-state index contributed by atoms with van der Waals surface area (Å²) in [6.07, 6.45) is -3.18. The second-order valence-corrected chi connectivity index (χ2v) is 6.02. The number of aryl methyl sites for hydroxylation is 2. The molecular weight excluding hydrogens is 295 g/mol. The third kappa shape index (κ3) is 2.42. The van der Waals surface area contributed by atoms with E-state index in [1.807, 2.05) is 31.2 Å². The van der Waals surface area contributed by atoms with E-state index in [9.17, 15) is 13.2 Å². The van der Waals surface area contributed by atoms with Crippen LogP contribution in [0, 0.1) is 6.92 Å². The maximum atomic E-state index is 12.7. The minimum atomic E-state index is -4.31. The van der Waals surface area contributed by atoms with Crippen LogP contribution in [0.5, 0.6) is 0 Å². The van der Waals surface area contributed by atoms with Crippen molar-refractivity contribution in [2.45, 2.75) is 13.1 Å². The zero-order valence-electron chi connectivity index (χ0n) is 11.5. The molecule has 0 unspecified atom stereocenters. The Morgan fingerprint density at radius 3 is 2.38 bits per heavy atom. The fraction of sp³-hybridized carbons (Fsp3) is 0.188. The first-order valence-corrected chi connectivity index (χ1v) is 7.25. The number of hydrogen-bond donors (Lipinski definition) is 0. The van der Waals surface area contributed by atoms with Gasteiger partial charge in [0.05, 0.1) is 0 Å². The molecule has 0 bridgehead atoms. The highest BCUT2D eigenvalue weighted by Crippen LogP contribution is 2.37. The normalized spacial score (nSPS) is 12.0. The molecule has 0 atom stereocenters. The Bertz CT molecular complexity index is 818. The smallest absolute Gasteiger partial charge is 0.200 e. The van der Waals surface area contributed by atoms with E-state index in [0.29, 0.717) is 0 Å². The summed E-state index contributed by atoms with van der Waals surface area (Å²) >= 11 is 1.60. The summed E-state index contributed by atoms with van der Waals surface area (Å²) in [5, 5.41) is 1.15. The highest BCUT2D eigenvalue weighted by Gasteiger charge is 2.34. The van der Waals surface area contributed by atoms with E-state index >= 15 is 0 Å². The number of nitrogens with zero attached hydrogens (tertiary/aromatic N) is 1. The number of benzene rings is 1. The van der Waals surface area contributed by atoms with Crippen molar-refractivity contribution in [2.24, 2.45) is 7.05 Å². The molecule has 0 fully saturated rings. The molecule has 0 aliphatic heterocycles. The third-order valence-corrected chi connectivity index (χ3v) is 4.83. The van der Waals surface area contributed by atoms with Gasteiger partial charge in [0.25, 0.3) is 0 Å². The van der Waals surface area contributed by atoms with Crippen molar-refractivity contribution in [3.8, 4) is 10.6 Å². The van der Waals surface area contributed by atoms with Crippen molar-refractivity contribution >= 4 is 21.4 Å². The zero-order chi connectivity index (χ0) is 15.2. The van der Waals surface area contributed by atoms with Crippen LogP contribution in [0.1, 0.15) is 11.1 Å². The average molecular weight is 308 g/mol. The van der Waals surface area contributed by atoms with Crippen LogP contribution in [0.2, 0.25) is 0 Å². The van der Waals surface area contributed by atoms with Crippen LogP contribution in [0.25, 0.3) is 20.7 Å². The van der Waals surface area contributed by atoms with Gasteiger partial charge in [0, 0.05) is 10.8 Å². The molecule has 2 heterocycles. The van der Waals surface area contributed by atoms with Crippen molar-refractivity contribution in [3.05, 3.63) is 53.7 Å². The highest BCUT2D eigenvalue weighted by molar-refractivity contribution is 7.22. The SMILES string of the molecule is Cc1c(-c2ccc(C(F)(F)F)c[n+]2C)sc2ccccc12. The first kappa shape index (κ1) is 14.1. The van der Waals surface area contributed by atoms with Gasteiger partial charge in [-0.2, -0.15) is 17.7 Å². The molecule has 108 valence electrons. The molecule has 0 aliphatic carbocycles. The lowest BCUT2D eigenvalue weighted by Crippen LogP contribution is -2.32. The van der Waals surface area contributed by atoms with E-state index in [1.54, 1.807) is 29.0 Å². The van der Waals surface area contributed by atoms with Gasteiger partial charge in [0.1, 0.15) is 17.5 Å². The van der Waals surface area contributed by atoms with Gasteiger partial charge in [-0.05, 0) is 30.0 Å². The fourth-order valence-corrected chi connectivity index (χ4v) is 3.71. The van der Waals surface area contributed by atoms with Gasteiger partial charge >= 0.3 is 6.18 Å². The van der Waals surface area contributed by atoms with Gasteiger partial charge < -0.3 is 0 Å². The van der Waals surface area contributed by atoms with Crippen molar-refractivity contribution in [1.29, 1.82) is 0 Å². The Hall–Kier alpha value is -1.88. The van der Waals surface area contributed by atoms with Crippen LogP contribution in [0.4, 0.5) is 13.2 Å². The molecule has 3 rings (SSSR count). The number of halogens is 3. The predicted octanol–water partition coefficient (Wildman–Crippen LogP) is 4.72. The first-order chi connectivity index (χ1) is 9.88. The Kier molecular flexibility index (Phi) is 3.24. The Balaban J connectivity index is 2.17. The fourth-order valence-electron chi connectivity index (χ4n) is 2.43. The largest absolute Gasteiger partial charge is 0.422 e. The van der Waals surface area contributed by atoms with Crippen molar-refractivity contribution in [2.75, 3.05) is 0 Å². The van der Waals surface area contributed by atoms with E-state index in [0.717, 1.165) is 38.5 Å². The maximum absolute atomic E-state index is 12.7. The van der Waals surface area contributed by atoms with Crippen LogP contribution >= 0.6 is 11.3 Å². The molecule has 0 radical (unpaired) electrons. The second kappa shape index (κ2) is 4.84. The molecule has 0 aliphatic rings. The lowest BCUT2D eigenvalue weighted by Gasteiger charge is -2.06. The molecule has 0 saturated carbocycles. The topological polar surface area (TPSA) is 3.88 Å². The van der Waals surface area contributed by atoms with E-state index in [2.05, 4.69) is 0 Å². The summed E-state index contributed by atoms with van der Waals surface area (Å²) < 4.78 is 40.9. The molecule has 0 spiro atoms. The molecule has 3 aromatic rings. The van der Waals surface area contributed by atoms with Crippen LogP contribution < -0.4 is 4.57 Å². The summed E-state index contributed by atoms with van der Waals surface area (Å²) in [5.74, 6) is 0. The Morgan fingerprint density at radius 1 is 1.05 bits per heavy atom. The lowest BCUT2D eigenvalue weighted by atomic mass is 10.1. The van der Waals surface area contributed by atoms with Gasteiger partial charge in [-0.15, -0.1) is 11.3 Å². The molecule has 1 nitrogen and oxygen atoms in total. The lowest BCUT2D eigenvalue weighted by molar-refractivity contribution is -0.661. The Morgan fingerprint density at radius 2 is 1.76 bits per heavy atom. The minimum Gasteiger partial charge on any atom is -0.200 e. The van der Waals surface area contributed by atoms with Crippen LogP contribution in [-0.4, -0.2) is 0 Å². The van der Waals surface area contributed by atoms with E-state index in [1.165, 1.54) is 0 Å². The summed E-state index contributed by atoms with van der Waals surface area (Å²) in [6.45, 7) is 2.01. The summed E-state index contributed by atoms with van der Waals surface area (Å²) in [7, 11) is 1.65. The molecular formula is C16H13F3NS+. The van der Waals surface area contributed by atoms with Gasteiger partial charge in [-0.3, -0.25) is 0 Å². The molecule has 0 N–H and O–H groups in total. The van der Waals surface area contributed by atoms with E-state index in [-0.39, 0.29) is 0 Å². The molecule has 0 amide bonds. The Labute approximate surface area is 124 Å². The van der Waals surface area contributed by atoms with Crippen molar-refractivity contribution in [1.82, 2.24) is 0 Å². The minimum absolute atomic E-state index is 0.632. The van der Waals surface area contributed by atoms with Crippen molar-refractivity contribution < 1.29 is 17.7 Å². The highest BCUT2D eigenvalue weighted by atomic mass is 32.1. The molecule has 21 heavy (non-hydrogen) atoms. The number of hydrogen-bond acceptors (Lipinski definition) is 1. The van der Waals surface area contributed by atoms with Crippen molar-refractivity contribution in [3.63, 3.8) is 0 Å². The molecule has 2 aromatic heterocycles. The van der Waals surface area contributed by atoms with E-state index < -0.39 is 11.7 Å². The number of thiophene rings is 1. The predicted molar refractivity (Wildman–Crippen MR) is 78.2 cm³/mol. The van der Waals surface area contributed by atoms with Gasteiger partial charge in [-0.25, -0.2) is 0 Å². The van der Waals surface area contributed by atoms with Gasteiger partial charge in [0.15, 0.2) is 6.20 Å². The molecule has 1 aromatic carbocycles. The molecule has 0 saturated heterocycles. The number of fused-ring (bicyclic) bond motifs is 1. The van der Waals surface area contributed by atoms with Crippen LogP contribution in [0.3, 0.4) is 0 Å². The maximum Gasteiger partial charge on any atom is 0.422 e.